The molecule has 1 aliphatic rings. The maximum Gasteiger partial charge on any atom is 0.171 e. The van der Waals surface area contributed by atoms with E-state index in [1.54, 1.807) is 6.20 Å². The fraction of sp³-hybridized carbons (Fsp3) is 0.375. The van der Waals surface area contributed by atoms with Gasteiger partial charge < -0.3 is 9.84 Å². The van der Waals surface area contributed by atoms with Crippen LogP contribution < -0.4 is 4.74 Å². The van der Waals surface area contributed by atoms with Crippen LogP contribution in [0, 0.1) is 0 Å². The van der Waals surface area contributed by atoms with Crippen molar-refractivity contribution in [3.63, 3.8) is 0 Å². The highest BCUT2D eigenvalue weighted by atomic mass is 35.5. The molecule has 1 aromatic heterocycles. The van der Waals surface area contributed by atoms with E-state index in [9.17, 15) is 0 Å². The number of hydrogen-bond acceptors (Lipinski definition) is 3. The van der Waals surface area contributed by atoms with E-state index in [0.29, 0.717) is 17.5 Å². The Bertz CT molecular complexity index is 303. The molecule has 1 aromatic rings. The second kappa shape index (κ2) is 2.92. The molecule has 2 heterocycles. The Morgan fingerprint density at radius 3 is 3.33 bits per heavy atom. The van der Waals surface area contributed by atoms with Crippen LogP contribution in [0.3, 0.4) is 0 Å². The lowest BCUT2D eigenvalue weighted by Crippen LogP contribution is -2.04. The molecular weight excluding hydrogens is 178 g/mol. The Balaban J connectivity index is 2.46. The topological polar surface area (TPSA) is 42.4 Å². The molecule has 3 nitrogen and oxygen atoms in total. The molecule has 2 rings (SSSR count). The molecule has 0 spiro atoms. The van der Waals surface area contributed by atoms with Crippen molar-refractivity contribution in [3.05, 3.63) is 23.0 Å². The molecule has 64 valence electrons. The first-order valence-corrected chi connectivity index (χ1v) is 4.08. The standard InChI is InChI=1S/C8H8ClNO2/c9-8-7-6(1-2-10-8)5(3-11)4-12-7/h1-2,5,11H,3-4H2/t5-/m1/s1. The van der Waals surface area contributed by atoms with Crippen molar-refractivity contribution in [2.45, 2.75) is 5.92 Å². The zero-order chi connectivity index (χ0) is 8.55. The third kappa shape index (κ3) is 1.06. The highest BCUT2D eigenvalue weighted by molar-refractivity contribution is 6.31. The van der Waals surface area contributed by atoms with E-state index in [1.807, 2.05) is 6.07 Å². The lowest BCUT2D eigenvalue weighted by atomic mass is 10.0. The van der Waals surface area contributed by atoms with Crippen molar-refractivity contribution in [1.29, 1.82) is 0 Å². The Hall–Kier alpha value is -0.800. The molecule has 1 N–H and O–H groups in total. The van der Waals surface area contributed by atoms with Gasteiger partial charge in [-0.05, 0) is 6.07 Å². The van der Waals surface area contributed by atoms with Crippen molar-refractivity contribution in [3.8, 4) is 5.75 Å². The van der Waals surface area contributed by atoms with Gasteiger partial charge in [-0.15, -0.1) is 0 Å². The van der Waals surface area contributed by atoms with Crippen molar-refractivity contribution in [2.24, 2.45) is 0 Å². The van der Waals surface area contributed by atoms with Gasteiger partial charge in [0.1, 0.15) is 0 Å². The summed E-state index contributed by atoms with van der Waals surface area (Å²) < 4.78 is 5.28. The van der Waals surface area contributed by atoms with Crippen LogP contribution in [0.1, 0.15) is 11.5 Å². The van der Waals surface area contributed by atoms with Crippen LogP contribution in [-0.2, 0) is 0 Å². The SMILES string of the molecule is OC[C@@H]1COc2c1ccnc2Cl. The van der Waals surface area contributed by atoms with Crippen molar-refractivity contribution in [1.82, 2.24) is 4.98 Å². The quantitative estimate of drug-likeness (QED) is 0.669. The lowest BCUT2D eigenvalue weighted by molar-refractivity contribution is 0.232. The fourth-order valence-corrected chi connectivity index (χ4v) is 1.55. The number of aliphatic hydroxyl groups excluding tert-OH is 1. The number of pyridine rings is 1. The monoisotopic (exact) mass is 185 g/mol. The number of halogens is 1. The van der Waals surface area contributed by atoms with Gasteiger partial charge in [-0.2, -0.15) is 0 Å². The van der Waals surface area contributed by atoms with Crippen LogP contribution in [0.15, 0.2) is 12.3 Å². The van der Waals surface area contributed by atoms with Gasteiger partial charge in [0.2, 0.25) is 0 Å². The zero-order valence-corrected chi connectivity index (χ0v) is 7.08. The first-order chi connectivity index (χ1) is 5.83. The maximum absolute atomic E-state index is 8.96. The minimum absolute atomic E-state index is 0.0560. The highest BCUT2D eigenvalue weighted by Gasteiger charge is 2.25. The number of fused-ring (bicyclic) bond motifs is 1. The van der Waals surface area contributed by atoms with Crippen molar-refractivity contribution >= 4 is 11.6 Å². The average molecular weight is 186 g/mol. The van der Waals surface area contributed by atoms with E-state index >= 15 is 0 Å². The first kappa shape index (κ1) is 7.83. The summed E-state index contributed by atoms with van der Waals surface area (Å²) in [6.45, 7) is 0.588. The van der Waals surface area contributed by atoms with Crippen LogP contribution in [0.2, 0.25) is 5.15 Å². The molecular formula is C8H8ClNO2. The summed E-state index contributed by atoms with van der Waals surface area (Å²) in [5, 5.41) is 9.34. The van der Waals surface area contributed by atoms with Gasteiger partial charge in [-0.3, -0.25) is 0 Å². The van der Waals surface area contributed by atoms with Gasteiger partial charge in [0.05, 0.1) is 13.2 Å². The lowest BCUT2D eigenvalue weighted by Gasteiger charge is -2.01. The molecule has 4 heteroatoms. The Labute approximate surface area is 75.0 Å². The first-order valence-electron chi connectivity index (χ1n) is 3.71. The minimum atomic E-state index is 0.0560. The van der Waals surface area contributed by atoms with Crippen LogP contribution in [0.5, 0.6) is 5.75 Å². The molecule has 0 aromatic carbocycles. The summed E-state index contributed by atoms with van der Waals surface area (Å²) in [7, 11) is 0. The van der Waals surface area contributed by atoms with Crippen LogP contribution in [0.25, 0.3) is 0 Å². The largest absolute Gasteiger partial charge is 0.489 e. The number of aliphatic hydroxyl groups is 1. The second-order valence-corrected chi connectivity index (χ2v) is 3.07. The summed E-state index contributed by atoms with van der Waals surface area (Å²) in [4.78, 5) is 3.88. The highest BCUT2D eigenvalue weighted by Crippen LogP contribution is 2.37. The number of nitrogens with zero attached hydrogens (tertiary/aromatic N) is 1. The second-order valence-electron chi connectivity index (χ2n) is 2.71. The third-order valence-corrected chi connectivity index (χ3v) is 2.25. The summed E-state index contributed by atoms with van der Waals surface area (Å²) in [6.07, 6.45) is 1.62. The predicted molar refractivity (Wildman–Crippen MR) is 44.6 cm³/mol. The summed E-state index contributed by atoms with van der Waals surface area (Å²) >= 11 is 5.77. The van der Waals surface area contributed by atoms with Gasteiger partial charge in [0, 0.05) is 17.7 Å². The van der Waals surface area contributed by atoms with E-state index < -0.39 is 0 Å². The Morgan fingerprint density at radius 2 is 2.58 bits per heavy atom. The van der Waals surface area contributed by atoms with E-state index in [2.05, 4.69) is 4.98 Å². The normalized spacial score (nSPS) is 20.3. The van der Waals surface area contributed by atoms with Gasteiger partial charge in [0.25, 0.3) is 0 Å². The molecule has 1 aliphatic heterocycles. The predicted octanol–water partition coefficient (Wildman–Crippen LogP) is 1.20. The number of aromatic nitrogens is 1. The third-order valence-electron chi connectivity index (χ3n) is 1.98. The number of hydrogen-bond donors (Lipinski definition) is 1. The molecule has 0 bridgehead atoms. The Kier molecular flexibility index (Phi) is 1.90. The van der Waals surface area contributed by atoms with Crippen LogP contribution >= 0.6 is 11.6 Å². The summed E-state index contributed by atoms with van der Waals surface area (Å²) in [5.74, 6) is 0.679. The van der Waals surface area contributed by atoms with E-state index in [4.69, 9.17) is 21.4 Å². The molecule has 0 saturated carbocycles. The smallest absolute Gasteiger partial charge is 0.171 e. The van der Waals surface area contributed by atoms with Crippen molar-refractivity contribution in [2.75, 3.05) is 13.2 Å². The molecule has 0 fully saturated rings. The maximum atomic E-state index is 8.96. The fourth-order valence-electron chi connectivity index (χ4n) is 1.33. The van der Waals surface area contributed by atoms with Crippen LogP contribution in [-0.4, -0.2) is 23.3 Å². The van der Waals surface area contributed by atoms with Gasteiger partial charge in [0.15, 0.2) is 10.9 Å². The average Bonchev–Trinajstić information content (AvgIpc) is 2.49. The zero-order valence-electron chi connectivity index (χ0n) is 6.33. The molecule has 0 unspecified atom stereocenters. The summed E-state index contributed by atoms with van der Waals surface area (Å²) in [5.41, 5.74) is 0.956. The Morgan fingerprint density at radius 1 is 1.75 bits per heavy atom. The van der Waals surface area contributed by atoms with E-state index in [-0.39, 0.29) is 12.5 Å². The molecule has 0 amide bonds. The minimum Gasteiger partial charge on any atom is -0.489 e. The number of ether oxygens (including phenoxy) is 1. The molecule has 1 atom stereocenters. The van der Waals surface area contributed by atoms with Gasteiger partial charge in [-0.25, -0.2) is 4.98 Å². The van der Waals surface area contributed by atoms with Gasteiger partial charge in [-0.1, -0.05) is 11.6 Å². The summed E-state index contributed by atoms with van der Waals surface area (Å²) in [6, 6.07) is 1.83. The van der Waals surface area contributed by atoms with Gasteiger partial charge >= 0.3 is 0 Å². The molecule has 0 radical (unpaired) electrons. The molecule has 12 heavy (non-hydrogen) atoms. The van der Waals surface area contributed by atoms with Crippen LogP contribution in [0.4, 0.5) is 0 Å². The van der Waals surface area contributed by atoms with Crippen molar-refractivity contribution < 1.29 is 9.84 Å². The van der Waals surface area contributed by atoms with E-state index in [0.717, 1.165) is 5.56 Å². The van der Waals surface area contributed by atoms with E-state index in [1.165, 1.54) is 0 Å². The molecule has 0 saturated heterocycles. The number of rotatable bonds is 1. The molecule has 0 aliphatic carbocycles.